The summed E-state index contributed by atoms with van der Waals surface area (Å²) >= 11 is 3.75. The minimum absolute atomic E-state index is 1.12. The summed E-state index contributed by atoms with van der Waals surface area (Å²) < 4.78 is 5.22. The SMILES string of the molecule is c1ccc(-c2cc(N(c3ccc(-c4ccccc4)c4ccccc34)c3cccc4sc5ccccc5c34)ccc2-c2cccc3c2sc2ccccc23)cc1. The number of anilines is 3. The van der Waals surface area contributed by atoms with Gasteiger partial charge in [0.1, 0.15) is 0 Å². The molecule has 0 amide bonds. The zero-order chi connectivity index (χ0) is 36.3. The molecule has 0 bridgehead atoms. The van der Waals surface area contributed by atoms with Crippen LogP contribution in [0.15, 0.2) is 200 Å². The topological polar surface area (TPSA) is 3.24 Å². The van der Waals surface area contributed by atoms with Crippen LogP contribution in [0.25, 0.3) is 84.5 Å². The first-order valence-electron chi connectivity index (χ1n) is 18.7. The van der Waals surface area contributed by atoms with Crippen LogP contribution >= 0.6 is 22.7 Å². The molecule has 0 aliphatic heterocycles. The van der Waals surface area contributed by atoms with Crippen LogP contribution in [0.5, 0.6) is 0 Å². The third kappa shape index (κ3) is 5.27. The van der Waals surface area contributed by atoms with E-state index in [4.69, 9.17) is 0 Å². The average molecular weight is 736 g/mol. The first-order valence-corrected chi connectivity index (χ1v) is 20.3. The Morgan fingerprint density at radius 3 is 1.67 bits per heavy atom. The van der Waals surface area contributed by atoms with Crippen molar-refractivity contribution in [3.8, 4) is 33.4 Å². The Morgan fingerprint density at radius 1 is 0.309 bits per heavy atom. The predicted molar refractivity (Wildman–Crippen MR) is 241 cm³/mol. The standard InChI is InChI=1S/C52H33NS2/c1-3-15-34(16-4-1)37-31-32-46(40-20-8-7-19-38(37)40)53(47-25-14-28-50-51(47)44-22-10-12-27-49(44)54-50)36-29-30-39(45(33-36)35-17-5-2-6-18-35)42-23-13-24-43-41-21-9-11-26-48(41)55-52(42)43/h1-33H. The highest BCUT2D eigenvalue weighted by molar-refractivity contribution is 7.26. The fourth-order valence-corrected chi connectivity index (χ4v) is 10.8. The zero-order valence-corrected chi connectivity index (χ0v) is 31.4. The smallest absolute Gasteiger partial charge is 0.0555 e. The Labute approximate surface area is 327 Å². The molecule has 3 heteroatoms. The van der Waals surface area contributed by atoms with E-state index in [1.54, 1.807) is 0 Å². The molecule has 11 aromatic rings. The lowest BCUT2D eigenvalue weighted by molar-refractivity contribution is 1.32. The molecule has 0 radical (unpaired) electrons. The van der Waals surface area contributed by atoms with Crippen molar-refractivity contribution in [1.82, 2.24) is 0 Å². The normalized spacial score (nSPS) is 11.6. The Balaban J connectivity index is 1.21. The molecule has 0 aliphatic carbocycles. The van der Waals surface area contributed by atoms with E-state index in [9.17, 15) is 0 Å². The van der Waals surface area contributed by atoms with Gasteiger partial charge in [-0.05, 0) is 75.7 Å². The number of nitrogens with zero attached hydrogens (tertiary/aromatic N) is 1. The van der Waals surface area contributed by atoms with Gasteiger partial charge >= 0.3 is 0 Å². The first-order chi connectivity index (χ1) is 27.3. The van der Waals surface area contributed by atoms with Crippen LogP contribution in [0.2, 0.25) is 0 Å². The summed E-state index contributed by atoms with van der Waals surface area (Å²) in [5, 5.41) is 7.62. The Hall–Kier alpha value is -6.52. The van der Waals surface area contributed by atoms with Crippen LogP contribution in [0.4, 0.5) is 17.1 Å². The van der Waals surface area contributed by atoms with Crippen molar-refractivity contribution in [2.24, 2.45) is 0 Å². The second-order valence-corrected chi connectivity index (χ2v) is 16.1. The molecule has 2 aromatic heterocycles. The monoisotopic (exact) mass is 735 g/mol. The molecule has 55 heavy (non-hydrogen) atoms. The summed E-state index contributed by atoms with van der Waals surface area (Å²) in [5.41, 5.74) is 10.8. The Bertz CT molecular complexity index is 3210. The second-order valence-electron chi connectivity index (χ2n) is 14.0. The Morgan fingerprint density at radius 2 is 0.891 bits per heavy atom. The summed E-state index contributed by atoms with van der Waals surface area (Å²) in [7, 11) is 0. The van der Waals surface area contributed by atoms with Crippen LogP contribution in [-0.2, 0) is 0 Å². The van der Waals surface area contributed by atoms with E-state index in [0.717, 1.165) is 11.4 Å². The maximum atomic E-state index is 2.51. The van der Waals surface area contributed by atoms with Gasteiger partial charge in [0.2, 0.25) is 0 Å². The van der Waals surface area contributed by atoms with Gasteiger partial charge in [-0.3, -0.25) is 0 Å². The molecular formula is C52H33NS2. The Kier molecular flexibility index (Phi) is 7.61. The lowest BCUT2D eigenvalue weighted by Crippen LogP contribution is -2.11. The number of hydrogen-bond acceptors (Lipinski definition) is 3. The van der Waals surface area contributed by atoms with Gasteiger partial charge in [0.05, 0.1) is 11.4 Å². The lowest BCUT2D eigenvalue weighted by atomic mass is 9.92. The molecule has 11 rings (SSSR count). The molecule has 0 saturated carbocycles. The van der Waals surface area contributed by atoms with Crippen molar-refractivity contribution in [2.75, 3.05) is 4.90 Å². The summed E-state index contributed by atoms with van der Waals surface area (Å²) in [5.74, 6) is 0. The van der Waals surface area contributed by atoms with Gasteiger partial charge in [-0.1, -0.05) is 158 Å². The van der Waals surface area contributed by atoms with Gasteiger partial charge in [0.15, 0.2) is 0 Å². The van der Waals surface area contributed by atoms with Crippen molar-refractivity contribution >= 4 is 90.9 Å². The van der Waals surface area contributed by atoms with Crippen molar-refractivity contribution in [3.63, 3.8) is 0 Å². The van der Waals surface area contributed by atoms with E-state index in [-0.39, 0.29) is 0 Å². The van der Waals surface area contributed by atoms with Crippen LogP contribution in [0.3, 0.4) is 0 Å². The fourth-order valence-electron chi connectivity index (χ4n) is 8.42. The molecular weight excluding hydrogens is 703 g/mol. The van der Waals surface area contributed by atoms with Crippen LogP contribution < -0.4 is 4.90 Å². The van der Waals surface area contributed by atoms with E-state index >= 15 is 0 Å². The van der Waals surface area contributed by atoms with E-state index in [1.165, 1.54) is 90.2 Å². The van der Waals surface area contributed by atoms with E-state index in [0.29, 0.717) is 0 Å². The molecule has 1 nitrogen and oxygen atoms in total. The van der Waals surface area contributed by atoms with Gasteiger partial charge < -0.3 is 4.90 Å². The van der Waals surface area contributed by atoms with Gasteiger partial charge in [0, 0.05) is 57.0 Å². The minimum atomic E-state index is 1.12. The van der Waals surface area contributed by atoms with Crippen LogP contribution in [0, 0.1) is 0 Å². The highest BCUT2D eigenvalue weighted by Gasteiger charge is 2.23. The number of thiophene rings is 2. The second kappa shape index (κ2) is 13.1. The third-order valence-electron chi connectivity index (χ3n) is 10.9. The number of rotatable bonds is 6. The van der Waals surface area contributed by atoms with Gasteiger partial charge in [-0.25, -0.2) is 0 Å². The van der Waals surface area contributed by atoms with Gasteiger partial charge in [0.25, 0.3) is 0 Å². The molecule has 0 unspecified atom stereocenters. The lowest BCUT2D eigenvalue weighted by Gasteiger charge is -2.29. The molecule has 9 aromatic carbocycles. The summed E-state index contributed by atoms with van der Waals surface area (Å²) in [4.78, 5) is 2.51. The highest BCUT2D eigenvalue weighted by Crippen LogP contribution is 2.50. The van der Waals surface area contributed by atoms with Crippen molar-refractivity contribution in [2.45, 2.75) is 0 Å². The summed E-state index contributed by atoms with van der Waals surface area (Å²) in [6.07, 6.45) is 0. The molecule has 0 fully saturated rings. The summed E-state index contributed by atoms with van der Waals surface area (Å²) in [6.45, 7) is 0. The molecule has 0 N–H and O–H groups in total. The molecule has 0 spiro atoms. The number of hydrogen-bond donors (Lipinski definition) is 0. The van der Waals surface area contributed by atoms with Crippen LogP contribution in [0.1, 0.15) is 0 Å². The van der Waals surface area contributed by atoms with E-state index < -0.39 is 0 Å². The minimum Gasteiger partial charge on any atom is -0.309 e. The molecule has 0 aliphatic rings. The summed E-state index contributed by atoms with van der Waals surface area (Å²) in [6, 6.07) is 73.4. The highest BCUT2D eigenvalue weighted by atomic mass is 32.1. The predicted octanol–water partition coefficient (Wildman–Crippen LogP) is 16.0. The molecule has 0 saturated heterocycles. The zero-order valence-electron chi connectivity index (χ0n) is 29.8. The van der Waals surface area contributed by atoms with Crippen molar-refractivity contribution in [3.05, 3.63) is 200 Å². The quantitative estimate of drug-likeness (QED) is 0.164. The van der Waals surface area contributed by atoms with Crippen LogP contribution in [-0.4, -0.2) is 0 Å². The largest absolute Gasteiger partial charge is 0.309 e. The average Bonchev–Trinajstić information content (AvgIpc) is 3.84. The fraction of sp³-hybridized carbons (Fsp3) is 0. The molecule has 258 valence electrons. The van der Waals surface area contributed by atoms with Crippen molar-refractivity contribution < 1.29 is 0 Å². The first kappa shape index (κ1) is 32.0. The molecule has 0 atom stereocenters. The maximum absolute atomic E-state index is 2.51. The number of fused-ring (bicyclic) bond motifs is 7. The maximum Gasteiger partial charge on any atom is 0.0555 e. The van der Waals surface area contributed by atoms with Gasteiger partial charge in [-0.15, -0.1) is 22.7 Å². The molecule has 2 heterocycles. The van der Waals surface area contributed by atoms with E-state index in [1.807, 2.05) is 22.7 Å². The van der Waals surface area contributed by atoms with Crippen molar-refractivity contribution in [1.29, 1.82) is 0 Å². The van der Waals surface area contributed by atoms with Gasteiger partial charge in [-0.2, -0.15) is 0 Å². The third-order valence-corrected chi connectivity index (χ3v) is 13.2. The van der Waals surface area contributed by atoms with E-state index in [2.05, 4.69) is 205 Å². The number of benzene rings is 9.